The van der Waals surface area contributed by atoms with Crippen LogP contribution in [0.25, 0.3) is 0 Å². The maximum atomic E-state index is 4.59. The first-order valence-corrected chi connectivity index (χ1v) is 9.89. The van der Waals surface area contributed by atoms with Crippen LogP contribution < -0.4 is 10.6 Å². The third kappa shape index (κ3) is 8.15. The first kappa shape index (κ1) is 23.8. The number of guanidine groups is 1. The smallest absolute Gasteiger partial charge is 0.191 e. The molecule has 1 atom stereocenters. The fourth-order valence-corrected chi connectivity index (χ4v) is 3.63. The number of halogens is 1. The Morgan fingerprint density at radius 3 is 2.44 bits per heavy atom. The zero-order valence-corrected chi connectivity index (χ0v) is 20.1. The second-order valence-electron chi connectivity index (χ2n) is 6.69. The molecule has 0 aliphatic heterocycles. The monoisotopic (exact) mass is 501 g/mol. The van der Waals surface area contributed by atoms with Gasteiger partial charge in [0.1, 0.15) is 0 Å². The minimum Gasteiger partial charge on any atom is -0.356 e. The molecule has 7 heteroatoms. The van der Waals surface area contributed by atoms with E-state index >= 15 is 0 Å². The molecule has 0 aliphatic rings. The number of likely N-dealkylation sites (N-methyl/N-ethyl adjacent to an activating group) is 1. The first-order chi connectivity index (χ1) is 12.5. The summed E-state index contributed by atoms with van der Waals surface area (Å²) in [5, 5.41) is 8.02. The molecule has 0 spiro atoms. The van der Waals surface area contributed by atoms with Gasteiger partial charge >= 0.3 is 0 Å². The first-order valence-electron chi connectivity index (χ1n) is 9.07. The van der Waals surface area contributed by atoms with E-state index in [4.69, 9.17) is 0 Å². The molecule has 1 aromatic carbocycles. The lowest BCUT2D eigenvalue weighted by atomic mass is 10.1. The molecule has 0 aliphatic carbocycles. The van der Waals surface area contributed by atoms with Gasteiger partial charge in [0.05, 0.1) is 10.7 Å². The van der Waals surface area contributed by atoms with Crippen molar-refractivity contribution in [1.82, 2.24) is 20.5 Å². The van der Waals surface area contributed by atoms with Crippen molar-refractivity contribution < 1.29 is 0 Å². The van der Waals surface area contributed by atoms with E-state index in [0.29, 0.717) is 6.04 Å². The number of benzene rings is 1. The zero-order chi connectivity index (χ0) is 18.9. The highest BCUT2D eigenvalue weighted by Gasteiger charge is 2.13. The molecule has 1 heterocycles. The van der Waals surface area contributed by atoms with E-state index < -0.39 is 0 Å². The molecule has 0 amide bonds. The molecule has 0 saturated heterocycles. The van der Waals surface area contributed by atoms with Crippen molar-refractivity contribution in [3.05, 3.63) is 51.5 Å². The SMILES string of the molecule is CN=C(NCCc1nc(C)c(C)s1)NCC(Cc1ccccc1)N(C)C.I. The lowest BCUT2D eigenvalue weighted by Gasteiger charge is -2.25. The van der Waals surface area contributed by atoms with Crippen molar-refractivity contribution in [3.8, 4) is 0 Å². The average Bonchev–Trinajstić information content (AvgIpc) is 2.95. The molecule has 1 unspecified atom stereocenters. The molecule has 150 valence electrons. The Kier molecular flexibility index (Phi) is 10.9. The van der Waals surface area contributed by atoms with Crippen LogP contribution in [0.3, 0.4) is 0 Å². The highest BCUT2D eigenvalue weighted by Crippen LogP contribution is 2.16. The van der Waals surface area contributed by atoms with Crippen LogP contribution in [0.15, 0.2) is 35.3 Å². The number of nitrogens with one attached hydrogen (secondary N) is 2. The largest absolute Gasteiger partial charge is 0.356 e. The third-order valence-electron chi connectivity index (χ3n) is 4.48. The number of aromatic nitrogens is 1. The summed E-state index contributed by atoms with van der Waals surface area (Å²) in [4.78, 5) is 12.5. The summed E-state index contributed by atoms with van der Waals surface area (Å²) in [6.07, 6.45) is 1.93. The maximum Gasteiger partial charge on any atom is 0.191 e. The predicted molar refractivity (Wildman–Crippen MR) is 128 cm³/mol. The van der Waals surface area contributed by atoms with Gasteiger partial charge in [-0.3, -0.25) is 4.99 Å². The number of thiazole rings is 1. The number of hydrogen-bond donors (Lipinski definition) is 2. The second-order valence-corrected chi connectivity index (χ2v) is 7.97. The van der Waals surface area contributed by atoms with Crippen molar-refractivity contribution in [2.45, 2.75) is 32.7 Å². The second kappa shape index (κ2) is 12.3. The summed E-state index contributed by atoms with van der Waals surface area (Å²) in [5.41, 5.74) is 2.49. The number of aliphatic imine (C=N–C) groups is 1. The van der Waals surface area contributed by atoms with Crippen molar-refractivity contribution in [1.29, 1.82) is 0 Å². The molecule has 2 N–H and O–H groups in total. The molecule has 0 radical (unpaired) electrons. The van der Waals surface area contributed by atoms with Crippen LogP contribution in [0.1, 0.15) is 21.1 Å². The van der Waals surface area contributed by atoms with E-state index in [-0.39, 0.29) is 24.0 Å². The summed E-state index contributed by atoms with van der Waals surface area (Å²) in [7, 11) is 6.06. The van der Waals surface area contributed by atoms with Crippen LogP contribution in [-0.4, -0.2) is 56.1 Å². The number of nitrogens with zero attached hydrogens (tertiary/aromatic N) is 3. The van der Waals surface area contributed by atoms with Gasteiger partial charge in [0.25, 0.3) is 0 Å². The Morgan fingerprint density at radius 2 is 1.89 bits per heavy atom. The molecule has 2 aromatic rings. The van der Waals surface area contributed by atoms with E-state index in [1.807, 2.05) is 7.05 Å². The van der Waals surface area contributed by atoms with Gasteiger partial charge in [-0.25, -0.2) is 4.98 Å². The van der Waals surface area contributed by atoms with Crippen LogP contribution in [0, 0.1) is 13.8 Å². The molecule has 0 fully saturated rings. The molecular formula is C20H32IN5S. The molecule has 5 nitrogen and oxygen atoms in total. The van der Waals surface area contributed by atoms with Gasteiger partial charge < -0.3 is 15.5 Å². The Hall–Kier alpha value is -1.19. The molecule has 27 heavy (non-hydrogen) atoms. The minimum atomic E-state index is 0. The van der Waals surface area contributed by atoms with Crippen molar-refractivity contribution in [3.63, 3.8) is 0 Å². The maximum absolute atomic E-state index is 4.59. The molecule has 0 saturated carbocycles. The van der Waals surface area contributed by atoms with Gasteiger partial charge in [-0.05, 0) is 39.9 Å². The Labute approximate surface area is 184 Å². The fourth-order valence-electron chi connectivity index (χ4n) is 2.69. The van der Waals surface area contributed by atoms with E-state index in [0.717, 1.165) is 37.6 Å². The van der Waals surface area contributed by atoms with Gasteiger partial charge in [-0.2, -0.15) is 0 Å². The van der Waals surface area contributed by atoms with Crippen molar-refractivity contribution in [2.75, 3.05) is 34.2 Å². The third-order valence-corrected chi connectivity index (χ3v) is 5.61. The highest BCUT2D eigenvalue weighted by molar-refractivity contribution is 14.0. The number of rotatable bonds is 8. The summed E-state index contributed by atoms with van der Waals surface area (Å²) < 4.78 is 0. The molecule has 0 bridgehead atoms. The van der Waals surface area contributed by atoms with E-state index in [9.17, 15) is 0 Å². The van der Waals surface area contributed by atoms with Gasteiger partial charge in [0, 0.05) is 37.5 Å². The predicted octanol–water partition coefficient (Wildman–Crippen LogP) is 3.26. The van der Waals surface area contributed by atoms with Crippen molar-refractivity contribution >= 4 is 41.3 Å². The lowest BCUT2D eigenvalue weighted by molar-refractivity contribution is 0.290. The Balaban J connectivity index is 0.00000364. The minimum absolute atomic E-state index is 0. The fraction of sp³-hybridized carbons (Fsp3) is 0.500. The average molecular weight is 501 g/mol. The zero-order valence-electron chi connectivity index (χ0n) is 17.0. The highest BCUT2D eigenvalue weighted by atomic mass is 127. The molecular weight excluding hydrogens is 469 g/mol. The Morgan fingerprint density at radius 1 is 1.19 bits per heavy atom. The standard InChI is InChI=1S/C20H31N5S.HI/c1-15-16(2)26-19(24-15)11-12-22-20(21-3)23-14-18(25(4)5)13-17-9-7-6-8-10-17;/h6-10,18H,11-14H2,1-5H3,(H2,21,22,23);1H. The van der Waals surface area contributed by atoms with Crippen LogP contribution in [0.2, 0.25) is 0 Å². The van der Waals surface area contributed by atoms with Gasteiger partial charge in [-0.15, -0.1) is 35.3 Å². The van der Waals surface area contributed by atoms with E-state index in [2.05, 4.69) is 83.8 Å². The summed E-state index contributed by atoms with van der Waals surface area (Å²) in [6.45, 7) is 5.87. The summed E-state index contributed by atoms with van der Waals surface area (Å²) in [5.74, 6) is 0.843. The van der Waals surface area contributed by atoms with Crippen LogP contribution in [0.4, 0.5) is 0 Å². The number of hydrogen-bond acceptors (Lipinski definition) is 4. The van der Waals surface area contributed by atoms with E-state index in [1.165, 1.54) is 15.4 Å². The van der Waals surface area contributed by atoms with Gasteiger partial charge in [0.15, 0.2) is 5.96 Å². The van der Waals surface area contributed by atoms with E-state index in [1.54, 1.807) is 11.3 Å². The van der Waals surface area contributed by atoms with Crippen LogP contribution in [0.5, 0.6) is 0 Å². The topological polar surface area (TPSA) is 52.6 Å². The summed E-state index contributed by atoms with van der Waals surface area (Å²) in [6, 6.07) is 11.0. The number of aryl methyl sites for hydroxylation is 2. The normalized spacial score (nSPS) is 12.6. The van der Waals surface area contributed by atoms with Gasteiger partial charge in [0.2, 0.25) is 0 Å². The quantitative estimate of drug-likeness (QED) is 0.331. The molecule has 2 rings (SSSR count). The van der Waals surface area contributed by atoms with Crippen LogP contribution in [-0.2, 0) is 12.8 Å². The van der Waals surface area contributed by atoms with Crippen molar-refractivity contribution in [2.24, 2.45) is 4.99 Å². The van der Waals surface area contributed by atoms with Crippen LogP contribution >= 0.6 is 35.3 Å². The molecule has 1 aromatic heterocycles. The summed E-state index contributed by atoms with van der Waals surface area (Å²) >= 11 is 1.78. The Bertz CT molecular complexity index is 680. The van der Waals surface area contributed by atoms with Gasteiger partial charge in [-0.1, -0.05) is 30.3 Å². The lowest BCUT2D eigenvalue weighted by Crippen LogP contribution is -2.46.